The first-order valence-electron chi connectivity index (χ1n) is 6.01. The summed E-state index contributed by atoms with van der Waals surface area (Å²) >= 11 is 6.02. The molecule has 7 heteroatoms. The topological polar surface area (TPSA) is 83.5 Å². The predicted octanol–water partition coefficient (Wildman–Crippen LogP) is 2.29. The molecule has 0 spiro atoms. The Labute approximate surface area is 123 Å². The van der Waals surface area contributed by atoms with E-state index in [1.54, 1.807) is 19.9 Å². The van der Waals surface area contributed by atoms with Gasteiger partial charge in [-0.2, -0.15) is 0 Å². The van der Waals surface area contributed by atoms with E-state index in [-0.39, 0.29) is 28.8 Å². The number of hydrogen-bond donors (Lipinski definition) is 2. The highest BCUT2D eigenvalue weighted by Crippen LogP contribution is 2.37. The molecule has 1 aromatic carbocycles. The molecule has 0 fully saturated rings. The van der Waals surface area contributed by atoms with Gasteiger partial charge in [-0.25, -0.2) is 8.42 Å². The molecule has 0 aromatic heterocycles. The van der Waals surface area contributed by atoms with Crippen molar-refractivity contribution in [2.24, 2.45) is 0 Å². The first kappa shape index (κ1) is 16.8. The van der Waals surface area contributed by atoms with Crippen LogP contribution in [0.5, 0.6) is 5.75 Å². The average Bonchev–Trinajstić information content (AvgIpc) is 2.30. The molecule has 0 radical (unpaired) electrons. The average molecular weight is 320 g/mol. The molecule has 1 unspecified atom stereocenters. The molecule has 5 nitrogen and oxygen atoms in total. The van der Waals surface area contributed by atoms with Gasteiger partial charge in [-0.1, -0.05) is 11.6 Å². The number of halogens is 1. The van der Waals surface area contributed by atoms with Crippen LogP contribution >= 0.6 is 11.6 Å². The van der Waals surface area contributed by atoms with E-state index < -0.39 is 15.1 Å². The largest absolute Gasteiger partial charge is 0.504 e. The predicted molar refractivity (Wildman–Crippen MR) is 80.2 cm³/mol. The maximum atomic E-state index is 11.5. The van der Waals surface area contributed by atoms with E-state index >= 15 is 0 Å². The van der Waals surface area contributed by atoms with Gasteiger partial charge in [-0.3, -0.25) is 4.79 Å². The van der Waals surface area contributed by atoms with Crippen LogP contribution in [0.3, 0.4) is 0 Å². The molecule has 1 rings (SSSR count). The lowest BCUT2D eigenvalue weighted by molar-refractivity contribution is -0.114. The van der Waals surface area contributed by atoms with Crippen LogP contribution in [0.25, 0.3) is 0 Å². The van der Waals surface area contributed by atoms with Gasteiger partial charge in [-0.05, 0) is 37.5 Å². The van der Waals surface area contributed by atoms with Gasteiger partial charge in [-0.15, -0.1) is 0 Å². The molecule has 0 aliphatic heterocycles. The van der Waals surface area contributed by atoms with Crippen molar-refractivity contribution >= 4 is 33.0 Å². The van der Waals surface area contributed by atoms with Crippen molar-refractivity contribution in [1.29, 1.82) is 0 Å². The molecule has 0 heterocycles. The third-order valence-corrected chi connectivity index (χ3v) is 5.23. The number of carbonyl (C=O) groups is 1. The van der Waals surface area contributed by atoms with Crippen LogP contribution in [0, 0.1) is 6.92 Å². The molecule has 1 aromatic rings. The number of nitrogens with one attached hydrogen (secondary N) is 1. The number of benzene rings is 1. The van der Waals surface area contributed by atoms with E-state index in [4.69, 9.17) is 11.6 Å². The van der Waals surface area contributed by atoms with Gasteiger partial charge in [0.1, 0.15) is 9.84 Å². The molecule has 0 aliphatic rings. The van der Waals surface area contributed by atoms with Crippen molar-refractivity contribution < 1.29 is 18.3 Å². The van der Waals surface area contributed by atoms with E-state index in [1.807, 2.05) is 0 Å². The van der Waals surface area contributed by atoms with Gasteiger partial charge in [0.2, 0.25) is 5.91 Å². The number of phenolic OH excluding ortho intramolecular Hbond substituents is 1. The standard InChI is InChI=1S/C13H18ClNO4S/c1-7(20(4,18)19)5-10-6-11(15-9(3)16)13(17)12(14)8(10)2/h6-7,17H,5H2,1-4H3,(H,15,16). The van der Waals surface area contributed by atoms with Crippen LogP contribution in [0.1, 0.15) is 25.0 Å². The summed E-state index contributed by atoms with van der Waals surface area (Å²) in [5.74, 6) is -0.558. The summed E-state index contributed by atoms with van der Waals surface area (Å²) in [6.07, 6.45) is 1.43. The minimum atomic E-state index is -3.17. The maximum absolute atomic E-state index is 11.5. The summed E-state index contributed by atoms with van der Waals surface area (Å²) in [5.41, 5.74) is 1.46. The molecule has 1 atom stereocenters. The van der Waals surface area contributed by atoms with Gasteiger partial charge in [0.25, 0.3) is 0 Å². The van der Waals surface area contributed by atoms with Crippen LogP contribution < -0.4 is 5.32 Å². The lowest BCUT2D eigenvalue weighted by atomic mass is 10.0. The van der Waals surface area contributed by atoms with Crippen molar-refractivity contribution in [2.75, 3.05) is 11.6 Å². The number of anilines is 1. The van der Waals surface area contributed by atoms with Gasteiger partial charge in [0, 0.05) is 13.2 Å². The zero-order valence-corrected chi connectivity index (χ0v) is 13.4. The Morgan fingerprint density at radius 3 is 2.50 bits per heavy atom. The molecule has 2 N–H and O–H groups in total. The van der Waals surface area contributed by atoms with Gasteiger partial charge in [0.05, 0.1) is 16.0 Å². The Morgan fingerprint density at radius 1 is 1.50 bits per heavy atom. The Kier molecular flexibility index (Phi) is 5.05. The minimum absolute atomic E-state index is 0.118. The van der Waals surface area contributed by atoms with Crippen LogP contribution in [0.2, 0.25) is 5.02 Å². The Hall–Kier alpha value is -1.27. The van der Waals surface area contributed by atoms with Crippen molar-refractivity contribution in [2.45, 2.75) is 32.4 Å². The third kappa shape index (κ3) is 3.86. The molecule has 0 bridgehead atoms. The van der Waals surface area contributed by atoms with E-state index in [9.17, 15) is 18.3 Å². The van der Waals surface area contributed by atoms with Crippen molar-refractivity contribution in [3.63, 3.8) is 0 Å². The van der Waals surface area contributed by atoms with Crippen LogP contribution in [0.15, 0.2) is 6.07 Å². The van der Waals surface area contributed by atoms with Crippen LogP contribution in [-0.4, -0.2) is 30.9 Å². The first-order valence-corrected chi connectivity index (χ1v) is 8.34. The summed E-state index contributed by atoms with van der Waals surface area (Å²) < 4.78 is 23.0. The minimum Gasteiger partial charge on any atom is -0.504 e. The lowest BCUT2D eigenvalue weighted by Crippen LogP contribution is -2.19. The fraction of sp³-hybridized carbons (Fsp3) is 0.462. The zero-order chi connectivity index (χ0) is 15.7. The highest BCUT2D eigenvalue weighted by Gasteiger charge is 2.20. The molecular formula is C13H18ClNO4S. The number of amides is 1. The number of sulfone groups is 1. The highest BCUT2D eigenvalue weighted by atomic mass is 35.5. The van der Waals surface area contributed by atoms with Gasteiger partial charge < -0.3 is 10.4 Å². The van der Waals surface area contributed by atoms with Gasteiger partial charge in [0.15, 0.2) is 5.75 Å². The monoisotopic (exact) mass is 319 g/mol. The SMILES string of the molecule is CC(=O)Nc1cc(CC(C)S(C)(=O)=O)c(C)c(Cl)c1O. The fourth-order valence-electron chi connectivity index (χ4n) is 1.75. The number of phenols is 1. The number of aromatic hydroxyl groups is 1. The van der Waals surface area contributed by atoms with Crippen LogP contribution in [-0.2, 0) is 21.1 Å². The van der Waals surface area contributed by atoms with Crippen molar-refractivity contribution in [3.8, 4) is 5.75 Å². The molecule has 0 saturated heterocycles. The quantitative estimate of drug-likeness (QED) is 0.834. The normalized spacial score (nSPS) is 13.1. The second kappa shape index (κ2) is 6.01. The van der Waals surface area contributed by atoms with E-state index in [0.717, 1.165) is 0 Å². The highest BCUT2D eigenvalue weighted by molar-refractivity contribution is 7.91. The molecule has 112 valence electrons. The lowest BCUT2D eigenvalue weighted by Gasteiger charge is -2.16. The Morgan fingerprint density at radius 2 is 2.05 bits per heavy atom. The molecule has 20 heavy (non-hydrogen) atoms. The van der Waals surface area contributed by atoms with E-state index in [2.05, 4.69) is 5.32 Å². The van der Waals surface area contributed by atoms with E-state index in [0.29, 0.717) is 11.1 Å². The summed E-state index contributed by atoms with van der Waals surface area (Å²) in [5, 5.41) is 11.9. The Balaban J connectivity index is 3.27. The summed E-state index contributed by atoms with van der Waals surface area (Å²) in [4.78, 5) is 11.1. The first-order chi connectivity index (χ1) is 9.04. The van der Waals surface area contributed by atoms with Gasteiger partial charge >= 0.3 is 0 Å². The second-order valence-corrected chi connectivity index (χ2v) is 7.74. The summed E-state index contributed by atoms with van der Waals surface area (Å²) in [6.45, 7) is 4.61. The molecule has 0 saturated carbocycles. The summed E-state index contributed by atoms with van der Waals surface area (Å²) in [7, 11) is -3.17. The van der Waals surface area contributed by atoms with Crippen LogP contribution in [0.4, 0.5) is 5.69 Å². The molecule has 0 aliphatic carbocycles. The summed E-state index contributed by atoms with van der Waals surface area (Å²) in [6, 6.07) is 1.56. The smallest absolute Gasteiger partial charge is 0.221 e. The van der Waals surface area contributed by atoms with Crippen molar-refractivity contribution in [1.82, 2.24) is 0 Å². The third-order valence-electron chi connectivity index (χ3n) is 3.14. The zero-order valence-electron chi connectivity index (χ0n) is 11.8. The second-order valence-electron chi connectivity index (χ2n) is 4.90. The molecular weight excluding hydrogens is 302 g/mol. The molecule has 1 amide bonds. The maximum Gasteiger partial charge on any atom is 0.221 e. The number of rotatable bonds is 4. The van der Waals surface area contributed by atoms with E-state index in [1.165, 1.54) is 13.2 Å². The number of hydrogen-bond acceptors (Lipinski definition) is 4. The fourth-order valence-corrected chi connectivity index (χ4v) is 2.45. The number of carbonyl (C=O) groups excluding carboxylic acids is 1. The Bertz CT molecular complexity index is 640. The van der Waals surface area contributed by atoms with Crippen molar-refractivity contribution in [3.05, 3.63) is 22.2 Å².